The molecule has 1 amide bonds. The predicted octanol–water partition coefficient (Wildman–Crippen LogP) is 1.33. The minimum atomic E-state index is 0.0114. The number of carbonyl (C=O) groups excluding carboxylic acids is 1. The molecule has 6 heteroatoms. The van der Waals surface area contributed by atoms with Gasteiger partial charge in [0, 0.05) is 24.1 Å². The molecule has 3 N–H and O–H groups in total. The van der Waals surface area contributed by atoms with Crippen molar-refractivity contribution in [3.05, 3.63) is 24.0 Å². The highest BCUT2D eigenvalue weighted by Gasteiger charge is 2.24. The quantitative estimate of drug-likeness (QED) is 0.638. The summed E-state index contributed by atoms with van der Waals surface area (Å²) in [5.41, 5.74) is 3.68. The van der Waals surface area contributed by atoms with Crippen LogP contribution in [0.1, 0.15) is 23.8 Å². The van der Waals surface area contributed by atoms with Gasteiger partial charge in [-0.1, -0.05) is 6.92 Å². The minimum Gasteiger partial charge on any atom is -0.335 e. The predicted molar refractivity (Wildman–Crippen MR) is 74.5 cm³/mol. The van der Waals surface area contributed by atoms with Crippen LogP contribution < -0.4 is 11.3 Å². The maximum absolute atomic E-state index is 12.3. The second-order valence-corrected chi connectivity index (χ2v) is 5.64. The van der Waals surface area contributed by atoms with Gasteiger partial charge in [-0.2, -0.15) is 11.8 Å². The number of carbonyl (C=O) groups is 1. The number of amides is 1. The molecule has 1 unspecified atom stereocenters. The van der Waals surface area contributed by atoms with Gasteiger partial charge >= 0.3 is 0 Å². The number of rotatable bonds is 3. The van der Waals surface area contributed by atoms with Crippen LogP contribution in [0, 0.1) is 0 Å². The number of thioether (sulfide) groups is 1. The summed E-state index contributed by atoms with van der Waals surface area (Å²) in [4.78, 5) is 18.3. The van der Waals surface area contributed by atoms with Crippen LogP contribution in [-0.4, -0.2) is 39.9 Å². The van der Waals surface area contributed by atoms with Gasteiger partial charge in [-0.25, -0.2) is 4.98 Å². The molecule has 1 saturated heterocycles. The number of nitrogens with zero attached hydrogens (tertiary/aromatic N) is 2. The standard InChI is InChI=1S/C12H18N4OS/c1-2-10-8-16(5-6-18-10)12(17)11-4-3-9(15-13)7-14-11/h3-4,7,10,15H,2,5-6,8,13H2,1H3. The second kappa shape index (κ2) is 6.06. The van der Waals surface area contributed by atoms with Gasteiger partial charge in [-0.15, -0.1) is 0 Å². The first-order valence-electron chi connectivity index (χ1n) is 6.08. The highest BCUT2D eigenvalue weighted by atomic mass is 32.2. The molecule has 0 saturated carbocycles. The topological polar surface area (TPSA) is 71.2 Å². The molecule has 1 aliphatic rings. The fraction of sp³-hybridized carbons (Fsp3) is 0.500. The van der Waals surface area contributed by atoms with E-state index in [4.69, 9.17) is 5.84 Å². The molecule has 0 aromatic carbocycles. The van der Waals surface area contributed by atoms with Crippen molar-refractivity contribution in [1.82, 2.24) is 9.88 Å². The van der Waals surface area contributed by atoms with Crippen LogP contribution in [0.2, 0.25) is 0 Å². The fourth-order valence-electron chi connectivity index (χ4n) is 1.92. The van der Waals surface area contributed by atoms with Crippen molar-refractivity contribution in [3.63, 3.8) is 0 Å². The van der Waals surface area contributed by atoms with Crippen molar-refractivity contribution in [3.8, 4) is 0 Å². The first-order chi connectivity index (χ1) is 8.74. The fourth-order valence-corrected chi connectivity index (χ4v) is 3.10. The molecule has 0 aliphatic carbocycles. The Labute approximate surface area is 111 Å². The number of anilines is 1. The summed E-state index contributed by atoms with van der Waals surface area (Å²) in [5.74, 6) is 6.28. The molecule has 1 aromatic heterocycles. The lowest BCUT2D eigenvalue weighted by atomic mass is 10.2. The number of hydrazine groups is 1. The van der Waals surface area contributed by atoms with E-state index < -0.39 is 0 Å². The Kier molecular flexibility index (Phi) is 4.43. The third-order valence-electron chi connectivity index (χ3n) is 3.03. The molecule has 18 heavy (non-hydrogen) atoms. The molecule has 5 nitrogen and oxygen atoms in total. The van der Waals surface area contributed by atoms with E-state index in [0.717, 1.165) is 25.3 Å². The molecule has 1 aromatic rings. The molecule has 0 spiro atoms. The third-order valence-corrected chi connectivity index (χ3v) is 4.40. The third kappa shape index (κ3) is 2.94. The maximum atomic E-state index is 12.3. The van der Waals surface area contributed by atoms with E-state index in [1.807, 2.05) is 16.7 Å². The van der Waals surface area contributed by atoms with Crippen molar-refractivity contribution in [2.24, 2.45) is 5.84 Å². The van der Waals surface area contributed by atoms with E-state index >= 15 is 0 Å². The SMILES string of the molecule is CCC1CN(C(=O)c2ccc(NN)cn2)CCS1. The van der Waals surface area contributed by atoms with E-state index in [2.05, 4.69) is 17.3 Å². The average molecular weight is 266 g/mol. The zero-order valence-corrected chi connectivity index (χ0v) is 11.2. The molecule has 1 aliphatic heterocycles. The highest BCUT2D eigenvalue weighted by Crippen LogP contribution is 2.22. The number of pyridine rings is 1. The van der Waals surface area contributed by atoms with Crippen LogP contribution in [0.3, 0.4) is 0 Å². The van der Waals surface area contributed by atoms with Crippen LogP contribution in [0.15, 0.2) is 18.3 Å². The van der Waals surface area contributed by atoms with Crippen molar-refractivity contribution >= 4 is 23.4 Å². The largest absolute Gasteiger partial charge is 0.335 e. The average Bonchev–Trinajstić information content (AvgIpc) is 2.46. The summed E-state index contributed by atoms with van der Waals surface area (Å²) in [6, 6.07) is 3.47. The summed E-state index contributed by atoms with van der Waals surface area (Å²) >= 11 is 1.94. The Morgan fingerprint density at radius 1 is 1.67 bits per heavy atom. The Balaban J connectivity index is 2.05. The van der Waals surface area contributed by atoms with Crippen molar-refractivity contribution in [2.75, 3.05) is 24.3 Å². The van der Waals surface area contributed by atoms with E-state index in [1.165, 1.54) is 0 Å². The lowest BCUT2D eigenvalue weighted by Gasteiger charge is -2.31. The zero-order chi connectivity index (χ0) is 13.0. The molecule has 2 heterocycles. The molecule has 98 valence electrons. The van der Waals surface area contributed by atoms with Gasteiger partial charge < -0.3 is 10.3 Å². The van der Waals surface area contributed by atoms with Gasteiger partial charge in [0.2, 0.25) is 0 Å². The smallest absolute Gasteiger partial charge is 0.272 e. The van der Waals surface area contributed by atoms with Crippen molar-refractivity contribution in [1.29, 1.82) is 0 Å². The van der Waals surface area contributed by atoms with Crippen LogP contribution in [0.5, 0.6) is 0 Å². The lowest BCUT2D eigenvalue weighted by Crippen LogP contribution is -2.42. The summed E-state index contributed by atoms with van der Waals surface area (Å²) < 4.78 is 0. The number of hydrogen-bond acceptors (Lipinski definition) is 5. The number of nitrogens with one attached hydrogen (secondary N) is 1. The van der Waals surface area contributed by atoms with Crippen LogP contribution in [0.4, 0.5) is 5.69 Å². The minimum absolute atomic E-state index is 0.0114. The lowest BCUT2D eigenvalue weighted by molar-refractivity contribution is 0.0755. The van der Waals surface area contributed by atoms with Crippen LogP contribution in [0.25, 0.3) is 0 Å². The maximum Gasteiger partial charge on any atom is 0.272 e. The van der Waals surface area contributed by atoms with Gasteiger partial charge in [0.25, 0.3) is 5.91 Å². The highest BCUT2D eigenvalue weighted by molar-refractivity contribution is 8.00. The second-order valence-electron chi connectivity index (χ2n) is 4.23. The van der Waals surface area contributed by atoms with E-state index in [9.17, 15) is 4.79 Å². The molecule has 0 radical (unpaired) electrons. The zero-order valence-electron chi connectivity index (χ0n) is 10.4. The van der Waals surface area contributed by atoms with Gasteiger partial charge in [0.1, 0.15) is 5.69 Å². The monoisotopic (exact) mass is 266 g/mol. The Morgan fingerprint density at radius 2 is 2.50 bits per heavy atom. The molecule has 2 rings (SSSR count). The van der Waals surface area contributed by atoms with Gasteiger partial charge in [-0.3, -0.25) is 10.6 Å². The van der Waals surface area contributed by atoms with Crippen molar-refractivity contribution in [2.45, 2.75) is 18.6 Å². The Bertz CT molecular complexity index is 409. The normalized spacial score (nSPS) is 19.7. The van der Waals surface area contributed by atoms with Gasteiger partial charge in [0.05, 0.1) is 11.9 Å². The molecule has 1 fully saturated rings. The molecular formula is C12H18N4OS. The van der Waals surface area contributed by atoms with Gasteiger partial charge in [0.15, 0.2) is 0 Å². The summed E-state index contributed by atoms with van der Waals surface area (Å²) in [6.07, 6.45) is 2.67. The first kappa shape index (κ1) is 13.2. The number of nitrogens with two attached hydrogens (primary N) is 1. The number of hydrogen-bond donors (Lipinski definition) is 2. The van der Waals surface area contributed by atoms with E-state index in [0.29, 0.717) is 16.6 Å². The molecule has 1 atom stereocenters. The van der Waals surface area contributed by atoms with E-state index in [-0.39, 0.29) is 5.91 Å². The Hall–Kier alpha value is -1.27. The van der Waals surface area contributed by atoms with Crippen molar-refractivity contribution < 1.29 is 4.79 Å². The number of aromatic nitrogens is 1. The van der Waals surface area contributed by atoms with E-state index in [1.54, 1.807) is 18.3 Å². The summed E-state index contributed by atoms with van der Waals surface area (Å²) in [6.45, 7) is 3.78. The van der Waals surface area contributed by atoms with Crippen LogP contribution in [-0.2, 0) is 0 Å². The van der Waals surface area contributed by atoms with Crippen LogP contribution >= 0.6 is 11.8 Å². The molecule has 0 bridgehead atoms. The van der Waals surface area contributed by atoms with Gasteiger partial charge in [-0.05, 0) is 18.6 Å². The first-order valence-corrected chi connectivity index (χ1v) is 7.13. The summed E-state index contributed by atoms with van der Waals surface area (Å²) in [7, 11) is 0. The summed E-state index contributed by atoms with van der Waals surface area (Å²) in [5, 5.41) is 0.549. The Morgan fingerprint density at radius 3 is 3.11 bits per heavy atom. The number of nitrogen functional groups attached to an aromatic ring is 1. The molecular weight excluding hydrogens is 248 g/mol.